The first-order chi connectivity index (χ1) is 5.36. The minimum absolute atomic E-state index is 0.0214. The SMILES string of the molecule is O=C1CC[C@H]2CCCC[C@@H]2O1. The summed E-state index contributed by atoms with van der Waals surface area (Å²) in [5.74, 6) is 0.717. The number of carbonyl (C=O) groups is 1. The predicted molar refractivity (Wildman–Crippen MR) is 41.1 cm³/mol. The number of carbonyl (C=O) groups excluding carboxylic acids is 1. The highest BCUT2D eigenvalue weighted by atomic mass is 16.5. The van der Waals surface area contributed by atoms with Crippen LogP contribution in [0.1, 0.15) is 38.5 Å². The number of hydrogen-bond acceptors (Lipinski definition) is 2. The molecular formula is C9H14O2. The van der Waals surface area contributed by atoms with Crippen LogP contribution >= 0.6 is 0 Å². The Morgan fingerprint density at radius 2 is 2.00 bits per heavy atom. The van der Waals surface area contributed by atoms with Crippen LogP contribution in [-0.2, 0) is 9.53 Å². The fourth-order valence-corrected chi connectivity index (χ4v) is 2.19. The minimum atomic E-state index is 0.0214. The monoisotopic (exact) mass is 154 g/mol. The van der Waals surface area contributed by atoms with E-state index in [4.69, 9.17) is 4.74 Å². The average molecular weight is 154 g/mol. The highest BCUT2D eigenvalue weighted by Crippen LogP contribution is 2.33. The second-order valence-corrected chi connectivity index (χ2v) is 3.61. The molecule has 1 aliphatic carbocycles. The van der Waals surface area contributed by atoms with E-state index in [1.54, 1.807) is 0 Å². The van der Waals surface area contributed by atoms with E-state index in [1.165, 1.54) is 19.3 Å². The lowest BCUT2D eigenvalue weighted by atomic mass is 9.82. The normalized spacial score (nSPS) is 37.6. The van der Waals surface area contributed by atoms with Crippen molar-refractivity contribution in [2.24, 2.45) is 5.92 Å². The maximum absolute atomic E-state index is 10.9. The summed E-state index contributed by atoms with van der Waals surface area (Å²) in [6.45, 7) is 0. The summed E-state index contributed by atoms with van der Waals surface area (Å²) in [5.41, 5.74) is 0. The Balaban J connectivity index is 1.98. The van der Waals surface area contributed by atoms with Crippen molar-refractivity contribution >= 4 is 5.97 Å². The lowest BCUT2D eigenvalue weighted by Gasteiger charge is -2.34. The molecule has 0 spiro atoms. The quantitative estimate of drug-likeness (QED) is 0.498. The standard InChI is InChI=1S/C9H14O2/c10-9-6-5-7-3-1-2-4-8(7)11-9/h7-8H,1-6H2/t7-,8+/m1/s1. The van der Waals surface area contributed by atoms with Crippen molar-refractivity contribution in [2.75, 3.05) is 0 Å². The van der Waals surface area contributed by atoms with Gasteiger partial charge in [0.2, 0.25) is 0 Å². The van der Waals surface area contributed by atoms with Gasteiger partial charge < -0.3 is 4.74 Å². The molecule has 1 saturated heterocycles. The molecule has 1 saturated carbocycles. The number of esters is 1. The maximum atomic E-state index is 10.9. The van der Waals surface area contributed by atoms with Crippen molar-refractivity contribution in [3.63, 3.8) is 0 Å². The summed E-state index contributed by atoms with van der Waals surface area (Å²) in [7, 11) is 0. The first-order valence-corrected chi connectivity index (χ1v) is 4.56. The van der Waals surface area contributed by atoms with Crippen LogP contribution in [-0.4, -0.2) is 12.1 Å². The van der Waals surface area contributed by atoms with Gasteiger partial charge in [0.15, 0.2) is 0 Å². The molecule has 1 heterocycles. The number of fused-ring (bicyclic) bond motifs is 1. The Hall–Kier alpha value is -0.530. The van der Waals surface area contributed by atoms with E-state index in [0.29, 0.717) is 12.3 Å². The minimum Gasteiger partial charge on any atom is -0.462 e. The van der Waals surface area contributed by atoms with Crippen LogP contribution in [0.15, 0.2) is 0 Å². The maximum Gasteiger partial charge on any atom is 0.306 e. The summed E-state index contributed by atoms with van der Waals surface area (Å²) in [4.78, 5) is 10.9. The Morgan fingerprint density at radius 1 is 1.18 bits per heavy atom. The molecule has 2 fully saturated rings. The van der Waals surface area contributed by atoms with E-state index < -0.39 is 0 Å². The summed E-state index contributed by atoms with van der Waals surface area (Å²) in [6.07, 6.45) is 6.97. The van der Waals surface area contributed by atoms with Gasteiger partial charge in [-0.2, -0.15) is 0 Å². The second-order valence-electron chi connectivity index (χ2n) is 3.61. The van der Waals surface area contributed by atoms with E-state index >= 15 is 0 Å². The Morgan fingerprint density at radius 3 is 2.91 bits per heavy atom. The smallest absolute Gasteiger partial charge is 0.306 e. The highest BCUT2D eigenvalue weighted by Gasteiger charge is 2.32. The molecule has 2 atom stereocenters. The van der Waals surface area contributed by atoms with E-state index in [9.17, 15) is 4.79 Å². The Labute approximate surface area is 66.9 Å². The van der Waals surface area contributed by atoms with E-state index in [1.807, 2.05) is 0 Å². The molecule has 2 rings (SSSR count). The van der Waals surface area contributed by atoms with Crippen LogP contribution in [0, 0.1) is 5.92 Å². The van der Waals surface area contributed by atoms with E-state index in [2.05, 4.69) is 0 Å². The molecule has 11 heavy (non-hydrogen) atoms. The fourth-order valence-electron chi connectivity index (χ4n) is 2.19. The highest BCUT2D eigenvalue weighted by molar-refractivity contribution is 5.70. The third-order valence-electron chi connectivity index (χ3n) is 2.84. The van der Waals surface area contributed by atoms with Crippen LogP contribution < -0.4 is 0 Å². The molecule has 0 amide bonds. The largest absolute Gasteiger partial charge is 0.462 e. The van der Waals surface area contributed by atoms with Crippen molar-refractivity contribution in [2.45, 2.75) is 44.6 Å². The van der Waals surface area contributed by atoms with Crippen molar-refractivity contribution in [1.82, 2.24) is 0 Å². The van der Waals surface area contributed by atoms with Gasteiger partial charge in [0.1, 0.15) is 6.10 Å². The summed E-state index contributed by atoms with van der Waals surface area (Å²) in [6, 6.07) is 0. The van der Waals surface area contributed by atoms with Crippen LogP contribution in [0.2, 0.25) is 0 Å². The zero-order valence-electron chi connectivity index (χ0n) is 6.71. The van der Waals surface area contributed by atoms with Crippen LogP contribution in [0.5, 0.6) is 0 Å². The third kappa shape index (κ3) is 1.39. The zero-order valence-corrected chi connectivity index (χ0v) is 6.71. The van der Waals surface area contributed by atoms with Gasteiger partial charge in [0, 0.05) is 6.42 Å². The topological polar surface area (TPSA) is 26.3 Å². The van der Waals surface area contributed by atoms with Gasteiger partial charge in [-0.1, -0.05) is 6.42 Å². The fraction of sp³-hybridized carbons (Fsp3) is 0.889. The van der Waals surface area contributed by atoms with Crippen molar-refractivity contribution < 1.29 is 9.53 Å². The first kappa shape index (κ1) is 7.14. The van der Waals surface area contributed by atoms with Gasteiger partial charge in [-0.05, 0) is 31.6 Å². The van der Waals surface area contributed by atoms with Gasteiger partial charge >= 0.3 is 5.97 Å². The van der Waals surface area contributed by atoms with Gasteiger partial charge in [0.05, 0.1) is 0 Å². The average Bonchev–Trinajstić information content (AvgIpc) is 2.04. The first-order valence-electron chi connectivity index (χ1n) is 4.56. The van der Waals surface area contributed by atoms with Crippen molar-refractivity contribution in [3.8, 4) is 0 Å². The molecule has 0 aromatic heterocycles. The molecule has 2 nitrogen and oxygen atoms in total. The molecule has 0 radical (unpaired) electrons. The third-order valence-corrected chi connectivity index (χ3v) is 2.84. The van der Waals surface area contributed by atoms with Crippen molar-refractivity contribution in [3.05, 3.63) is 0 Å². The molecule has 0 unspecified atom stereocenters. The van der Waals surface area contributed by atoms with E-state index in [0.717, 1.165) is 12.8 Å². The number of rotatable bonds is 0. The number of hydrogen-bond donors (Lipinski definition) is 0. The lowest BCUT2D eigenvalue weighted by molar-refractivity contribution is -0.160. The number of ether oxygens (including phenoxy) is 1. The molecule has 1 aliphatic heterocycles. The summed E-state index contributed by atoms with van der Waals surface area (Å²) >= 11 is 0. The lowest BCUT2D eigenvalue weighted by Crippen LogP contribution is -2.34. The van der Waals surface area contributed by atoms with Gasteiger partial charge in [-0.3, -0.25) is 4.79 Å². The second kappa shape index (κ2) is 2.84. The molecule has 2 heteroatoms. The van der Waals surface area contributed by atoms with Gasteiger partial charge in [0.25, 0.3) is 0 Å². The molecule has 0 aromatic rings. The van der Waals surface area contributed by atoms with Crippen LogP contribution in [0.4, 0.5) is 0 Å². The van der Waals surface area contributed by atoms with Crippen LogP contribution in [0.3, 0.4) is 0 Å². The molecule has 62 valence electrons. The van der Waals surface area contributed by atoms with Crippen LogP contribution in [0.25, 0.3) is 0 Å². The zero-order chi connectivity index (χ0) is 7.68. The molecular weight excluding hydrogens is 140 g/mol. The molecule has 0 aromatic carbocycles. The van der Waals surface area contributed by atoms with Gasteiger partial charge in [-0.15, -0.1) is 0 Å². The van der Waals surface area contributed by atoms with Gasteiger partial charge in [-0.25, -0.2) is 0 Å². The molecule has 0 N–H and O–H groups in total. The molecule has 0 bridgehead atoms. The molecule has 2 aliphatic rings. The summed E-state index contributed by atoms with van der Waals surface area (Å²) < 4.78 is 5.25. The van der Waals surface area contributed by atoms with E-state index in [-0.39, 0.29) is 12.1 Å². The predicted octanol–water partition coefficient (Wildman–Crippen LogP) is 1.88. The Kier molecular flexibility index (Phi) is 1.84. The Bertz CT molecular complexity index is 165. The van der Waals surface area contributed by atoms with Crippen molar-refractivity contribution in [1.29, 1.82) is 0 Å². The summed E-state index contributed by atoms with van der Waals surface area (Å²) in [5, 5.41) is 0.